The van der Waals surface area contributed by atoms with Crippen molar-refractivity contribution in [3.63, 3.8) is 0 Å². The van der Waals surface area contributed by atoms with Gasteiger partial charge in [0, 0.05) is 54.1 Å². The van der Waals surface area contributed by atoms with Crippen molar-refractivity contribution in [1.29, 1.82) is 0 Å². The minimum absolute atomic E-state index is 0.00519. The van der Waals surface area contributed by atoms with Crippen LogP contribution in [0.15, 0.2) is 60.8 Å². The molecule has 0 atom stereocenters. The number of amides is 1. The number of carbonyl (C=O) groups is 1. The molecule has 0 spiro atoms. The second-order valence-corrected chi connectivity index (χ2v) is 12.0. The Morgan fingerprint density at radius 3 is 2.44 bits per heavy atom. The normalized spacial score (nSPS) is 17.3. The van der Waals surface area contributed by atoms with E-state index in [-0.39, 0.29) is 11.9 Å². The minimum Gasteiger partial charge on any atom is -0.496 e. The summed E-state index contributed by atoms with van der Waals surface area (Å²) in [5.41, 5.74) is 3.05. The van der Waals surface area contributed by atoms with Crippen LogP contribution in [0.2, 0.25) is 5.02 Å². The Morgan fingerprint density at radius 2 is 1.79 bits per heavy atom. The van der Waals surface area contributed by atoms with E-state index in [0.29, 0.717) is 16.4 Å². The largest absolute Gasteiger partial charge is 0.496 e. The maximum Gasteiger partial charge on any atom is 0.266 e. The molecule has 1 amide bonds. The SMILES string of the molecule is CC[C@H]1CC[C@H](N(Cc2cc(-c3ccc(N(C)C)nc3)ccc2OC)C(=O)c2sc3ccccc3c2Cl)CC1. The van der Waals surface area contributed by atoms with Crippen LogP contribution >= 0.6 is 22.9 Å². The van der Waals surface area contributed by atoms with Gasteiger partial charge in [-0.05, 0) is 67.5 Å². The summed E-state index contributed by atoms with van der Waals surface area (Å²) in [4.78, 5) is 23.5. The molecule has 0 unspecified atom stereocenters. The number of carbonyl (C=O) groups excluding carboxylic acids is 1. The molecule has 2 aromatic carbocycles. The molecular formula is C32H36ClN3O2S. The Kier molecular flexibility index (Phi) is 8.43. The molecule has 0 bridgehead atoms. The van der Waals surface area contributed by atoms with Gasteiger partial charge in [0.05, 0.1) is 12.1 Å². The number of pyridine rings is 1. The lowest BCUT2D eigenvalue weighted by Gasteiger charge is -2.37. The van der Waals surface area contributed by atoms with E-state index in [4.69, 9.17) is 16.3 Å². The Hall–Kier alpha value is -3.09. The summed E-state index contributed by atoms with van der Waals surface area (Å²) in [6, 6.07) is 18.4. The molecule has 5 rings (SSSR count). The molecular weight excluding hydrogens is 526 g/mol. The van der Waals surface area contributed by atoms with Gasteiger partial charge in [-0.3, -0.25) is 4.79 Å². The summed E-state index contributed by atoms with van der Waals surface area (Å²) in [5.74, 6) is 2.43. The molecule has 0 aliphatic heterocycles. The molecule has 7 heteroatoms. The Morgan fingerprint density at radius 1 is 1.05 bits per heavy atom. The molecule has 2 heterocycles. The zero-order valence-corrected chi connectivity index (χ0v) is 24.7. The highest BCUT2D eigenvalue weighted by molar-refractivity contribution is 7.21. The van der Waals surface area contributed by atoms with Crippen LogP contribution in [-0.4, -0.2) is 43.0 Å². The van der Waals surface area contributed by atoms with Crippen molar-refractivity contribution in [1.82, 2.24) is 9.88 Å². The van der Waals surface area contributed by atoms with Gasteiger partial charge in [0.2, 0.25) is 0 Å². The fourth-order valence-electron chi connectivity index (χ4n) is 5.60. The first-order chi connectivity index (χ1) is 18.9. The second-order valence-electron chi connectivity index (χ2n) is 10.6. The highest BCUT2D eigenvalue weighted by Gasteiger charge is 2.32. The first-order valence-electron chi connectivity index (χ1n) is 13.7. The average molecular weight is 562 g/mol. The highest BCUT2D eigenvalue weighted by atomic mass is 35.5. The first-order valence-corrected chi connectivity index (χ1v) is 14.9. The van der Waals surface area contributed by atoms with Crippen molar-refractivity contribution >= 4 is 44.7 Å². The molecule has 5 nitrogen and oxygen atoms in total. The lowest BCUT2D eigenvalue weighted by Crippen LogP contribution is -2.41. The molecule has 1 fully saturated rings. The summed E-state index contributed by atoms with van der Waals surface area (Å²) >= 11 is 8.30. The summed E-state index contributed by atoms with van der Waals surface area (Å²) in [5, 5.41) is 1.50. The Bertz CT molecular complexity index is 1440. The number of anilines is 1. The number of methoxy groups -OCH3 is 1. The van der Waals surface area contributed by atoms with Crippen molar-refractivity contribution in [3.8, 4) is 16.9 Å². The van der Waals surface area contributed by atoms with Crippen LogP contribution in [0.25, 0.3) is 21.2 Å². The van der Waals surface area contributed by atoms with E-state index in [1.165, 1.54) is 17.8 Å². The maximum atomic E-state index is 14.2. The molecule has 0 radical (unpaired) electrons. The fraction of sp³-hybridized carbons (Fsp3) is 0.375. The van der Waals surface area contributed by atoms with Crippen LogP contribution < -0.4 is 9.64 Å². The predicted molar refractivity (Wildman–Crippen MR) is 163 cm³/mol. The van der Waals surface area contributed by atoms with Crippen molar-refractivity contribution in [2.75, 3.05) is 26.1 Å². The van der Waals surface area contributed by atoms with Gasteiger partial charge < -0.3 is 14.5 Å². The second kappa shape index (κ2) is 12.0. The number of nitrogens with zero attached hydrogens (tertiary/aromatic N) is 3. The molecule has 4 aromatic rings. The zero-order chi connectivity index (χ0) is 27.5. The summed E-state index contributed by atoms with van der Waals surface area (Å²) in [6.45, 7) is 2.73. The van der Waals surface area contributed by atoms with Gasteiger partial charge >= 0.3 is 0 Å². The van der Waals surface area contributed by atoms with Crippen molar-refractivity contribution in [2.45, 2.75) is 51.6 Å². The van der Waals surface area contributed by atoms with Gasteiger partial charge in [-0.1, -0.05) is 49.2 Å². The van der Waals surface area contributed by atoms with Crippen LogP contribution in [-0.2, 0) is 6.54 Å². The van der Waals surface area contributed by atoms with Crippen molar-refractivity contribution in [2.24, 2.45) is 5.92 Å². The topological polar surface area (TPSA) is 45.7 Å². The summed E-state index contributed by atoms with van der Waals surface area (Å²) in [6.07, 6.45) is 7.39. The molecule has 1 aliphatic rings. The van der Waals surface area contributed by atoms with Gasteiger partial charge in [0.1, 0.15) is 16.4 Å². The van der Waals surface area contributed by atoms with E-state index in [2.05, 4.69) is 35.0 Å². The zero-order valence-electron chi connectivity index (χ0n) is 23.1. The van der Waals surface area contributed by atoms with Gasteiger partial charge in [-0.25, -0.2) is 4.98 Å². The third-order valence-electron chi connectivity index (χ3n) is 7.98. The smallest absolute Gasteiger partial charge is 0.266 e. The summed E-state index contributed by atoms with van der Waals surface area (Å²) in [7, 11) is 5.65. The van der Waals surface area contributed by atoms with Crippen LogP contribution in [0.4, 0.5) is 5.82 Å². The molecule has 39 heavy (non-hydrogen) atoms. The molecule has 2 aromatic heterocycles. The van der Waals surface area contributed by atoms with Crippen molar-refractivity contribution < 1.29 is 9.53 Å². The monoisotopic (exact) mass is 561 g/mol. The number of aromatic nitrogens is 1. The number of rotatable bonds is 8. The minimum atomic E-state index is 0.00519. The van der Waals surface area contributed by atoms with Gasteiger partial charge in [-0.15, -0.1) is 11.3 Å². The lowest BCUT2D eigenvalue weighted by molar-refractivity contribution is 0.0591. The number of hydrogen-bond donors (Lipinski definition) is 0. The van der Waals surface area contributed by atoms with Crippen LogP contribution in [0.1, 0.15) is 54.3 Å². The van der Waals surface area contributed by atoms with E-state index in [1.807, 2.05) is 61.6 Å². The maximum absolute atomic E-state index is 14.2. The number of thiophene rings is 1. The molecule has 204 valence electrons. The van der Waals surface area contributed by atoms with Gasteiger partial charge in [0.25, 0.3) is 5.91 Å². The van der Waals surface area contributed by atoms with E-state index < -0.39 is 0 Å². The van der Waals surface area contributed by atoms with Crippen molar-refractivity contribution in [3.05, 3.63) is 76.3 Å². The van der Waals surface area contributed by atoms with E-state index in [9.17, 15) is 4.79 Å². The number of benzene rings is 2. The van der Waals surface area contributed by atoms with Gasteiger partial charge in [-0.2, -0.15) is 0 Å². The highest BCUT2D eigenvalue weighted by Crippen LogP contribution is 2.39. The summed E-state index contributed by atoms with van der Waals surface area (Å²) < 4.78 is 6.82. The van der Waals surface area contributed by atoms with Crippen LogP contribution in [0.3, 0.4) is 0 Å². The molecule has 1 saturated carbocycles. The number of ether oxygens (including phenoxy) is 1. The number of fused-ring (bicyclic) bond motifs is 1. The average Bonchev–Trinajstić information content (AvgIpc) is 3.32. The Balaban J connectivity index is 1.51. The van der Waals surface area contributed by atoms with Gasteiger partial charge in [0.15, 0.2) is 0 Å². The standard InChI is InChI=1S/C32H36ClN3O2S/c1-5-21-10-14-25(15-11-21)36(32(37)31-30(33)26-8-6-7-9-28(26)39-31)20-24-18-22(12-16-27(24)38-4)23-13-17-29(34-19-23)35(2)3/h6-9,12-13,16-19,21,25H,5,10-11,14-15,20H2,1-4H3/t21-,25-. The Labute approximate surface area is 240 Å². The van der Waals surface area contributed by atoms with E-state index >= 15 is 0 Å². The third kappa shape index (κ3) is 5.78. The molecule has 1 aliphatic carbocycles. The first kappa shape index (κ1) is 27.5. The molecule has 0 N–H and O–H groups in total. The fourth-order valence-corrected chi connectivity index (χ4v) is 7.07. The van der Waals surface area contributed by atoms with Crippen LogP contribution in [0, 0.1) is 5.92 Å². The number of hydrogen-bond acceptors (Lipinski definition) is 5. The van der Waals surface area contributed by atoms with Crippen LogP contribution in [0.5, 0.6) is 5.75 Å². The number of halogens is 1. The predicted octanol–water partition coefficient (Wildman–Crippen LogP) is 8.30. The quantitative estimate of drug-likeness (QED) is 0.217. The van der Waals surface area contributed by atoms with E-state index in [0.717, 1.165) is 69.9 Å². The van der Waals surface area contributed by atoms with E-state index in [1.54, 1.807) is 7.11 Å². The lowest BCUT2D eigenvalue weighted by atomic mass is 9.83. The molecule has 0 saturated heterocycles. The third-order valence-corrected chi connectivity index (χ3v) is 9.65.